The molecule has 2 aromatic carbocycles. The van der Waals surface area contributed by atoms with Gasteiger partial charge in [0.1, 0.15) is 17.3 Å². The van der Waals surface area contributed by atoms with Crippen molar-refractivity contribution in [2.45, 2.75) is 27.7 Å². The van der Waals surface area contributed by atoms with E-state index in [-0.39, 0.29) is 34.0 Å². The molecule has 0 N–H and O–H groups in total. The first-order valence-corrected chi connectivity index (χ1v) is 10.1. The summed E-state index contributed by atoms with van der Waals surface area (Å²) in [5.74, 6) is -2.04. The van der Waals surface area contributed by atoms with Crippen molar-refractivity contribution >= 4 is 40.6 Å². The molecule has 168 valence electrons. The molecule has 0 amide bonds. The van der Waals surface area contributed by atoms with E-state index in [2.05, 4.69) is 0 Å². The summed E-state index contributed by atoms with van der Waals surface area (Å²) in [7, 11) is 1.46. The molecule has 8 nitrogen and oxygen atoms in total. The number of methoxy groups -OCH3 is 1. The summed E-state index contributed by atoms with van der Waals surface area (Å²) in [6.45, 7) is 5.41. The maximum atomic E-state index is 13.6. The zero-order valence-corrected chi connectivity index (χ0v) is 18.7. The zero-order valence-electron chi connectivity index (χ0n) is 18.7. The van der Waals surface area contributed by atoms with Crippen LogP contribution in [-0.4, -0.2) is 30.8 Å². The fraction of sp³-hybridized carbons (Fsp3) is 0.200. The highest BCUT2D eigenvalue weighted by molar-refractivity contribution is 6.34. The van der Waals surface area contributed by atoms with E-state index in [1.54, 1.807) is 37.3 Å². The quantitative estimate of drug-likeness (QED) is 0.513. The molecule has 0 unspecified atom stereocenters. The molecule has 2 aliphatic carbocycles. The molecule has 0 spiro atoms. The van der Waals surface area contributed by atoms with Crippen LogP contribution in [0.25, 0.3) is 16.9 Å². The van der Waals surface area contributed by atoms with Gasteiger partial charge in [-0.15, -0.1) is 0 Å². The van der Waals surface area contributed by atoms with E-state index in [0.717, 1.165) is 0 Å². The number of ketones is 1. The summed E-state index contributed by atoms with van der Waals surface area (Å²) in [5.41, 5.74) is 2.48. The van der Waals surface area contributed by atoms with Crippen LogP contribution < -0.4 is 9.47 Å². The summed E-state index contributed by atoms with van der Waals surface area (Å²) >= 11 is 0. The van der Waals surface area contributed by atoms with Crippen LogP contribution in [-0.2, 0) is 23.9 Å². The first-order chi connectivity index (χ1) is 15.6. The molecule has 0 radical (unpaired) electrons. The SMILES string of the molecule is COc1cccc2c1C1=C(OC(C)=O)C(=O)c3cc(C)cc(OC(C)=O)c3C1=C2OC(C)=O. The first kappa shape index (κ1) is 22.0. The summed E-state index contributed by atoms with van der Waals surface area (Å²) in [6.07, 6.45) is 0. The Morgan fingerprint density at radius 2 is 1.30 bits per heavy atom. The Morgan fingerprint density at radius 1 is 0.727 bits per heavy atom. The number of carbonyl (C=O) groups is 4. The second-order valence-corrected chi connectivity index (χ2v) is 7.59. The third-order valence-electron chi connectivity index (χ3n) is 5.14. The Morgan fingerprint density at radius 3 is 1.91 bits per heavy atom. The lowest BCUT2D eigenvalue weighted by Gasteiger charge is -2.24. The molecule has 2 aliphatic rings. The number of aryl methyl sites for hydroxylation is 1. The van der Waals surface area contributed by atoms with E-state index in [4.69, 9.17) is 18.9 Å². The lowest BCUT2D eigenvalue weighted by molar-refractivity contribution is -0.136. The number of fused-ring (bicyclic) bond motifs is 5. The average molecular weight is 448 g/mol. The standard InChI is InChI=1S/C25H20O8/c1-11-9-16-20(18(10-11)31-12(2)26)21-22(25(23(16)29)33-14(4)28)19-15(24(21)32-13(3)27)7-6-8-17(19)30-5/h6-10H,1-5H3. The fourth-order valence-corrected chi connectivity index (χ4v) is 4.14. The van der Waals surface area contributed by atoms with Gasteiger partial charge in [0.05, 0.1) is 7.11 Å². The molecular weight excluding hydrogens is 428 g/mol. The second kappa shape index (κ2) is 8.05. The number of benzene rings is 2. The van der Waals surface area contributed by atoms with Crippen LogP contribution in [0.3, 0.4) is 0 Å². The Bertz CT molecular complexity index is 1330. The van der Waals surface area contributed by atoms with Gasteiger partial charge < -0.3 is 18.9 Å². The molecule has 0 atom stereocenters. The molecule has 0 saturated heterocycles. The van der Waals surface area contributed by atoms with E-state index < -0.39 is 23.7 Å². The normalized spacial score (nSPS) is 13.8. The van der Waals surface area contributed by atoms with Crippen LogP contribution in [0.1, 0.15) is 53.4 Å². The third-order valence-corrected chi connectivity index (χ3v) is 5.14. The van der Waals surface area contributed by atoms with Gasteiger partial charge in [0.15, 0.2) is 5.76 Å². The predicted octanol–water partition coefficient (Wildman–Crippen LogP) is 3.84. The number of hydrogen-bond acceptors (Lipinski definition) is 8. The molecule has 0 fully saturated rings. The fourth-order valence-electron chi connectivity index (χ4n) is 4.14. The van der Waals surface area contributed by atoms with E-state index in [1.807, 2.05) is 0 Å². The van der Waals surface area contributed by atoms with Gasteiger partial charge in [0.25, 0.3) is 0 Å². The third kappa shape index (κ3) is 3.59. The highest BCUT2D eigenvalue weighted by atomic mass is 16.5. The topological polar surface area (TPSA) is 105 Å². The lowest BCUT2D eigenvalue weighted by atomic mass is 9.83. The molecule has 0 aromatic heterocycles. The average Bonchev–Trinajstić information content (AvgIpc) is 3.03. The van der Waals surface area contributed by atoms with Gasteiger partial charge in [-0.05, 0) is 30.7 Å². The Kier molecular flexibility index (Phi) is 5.37. The largest absolute Gasteiger partial charge is 0.496 e. The number of ether oxygens (including phenoxy) is 4. The number of esters is 3. The van der Waals surface area contributed by atoms with E-state index in [9.17, 15) is 19.2 Å². The Balaban J connectivity index is 2.19. The highest BCUT2D eigenvalue weighted by Gasteiger charge is 2.44. The summed E-state index contributed by atoms with van der Waals surface area (Å²) in [6, 6.07) is 8.29. The minimum absolute atomic E-state index is 0.122. The summed E-state index contributed by atoms with van der Waals surface area (Å²) < 4.78 is 22.0. The second-order valence-electron chi connectivity index (χ2n) is 7.59. The van der Waals surface area contributed by atoms with E-state index >= 15 is 0 Å². The molecule has 0 bridgehead atoms. The van der Waals surface area contributed by atoms with Crippen molar-refractivity contribution in [3.63, 3.8) is 0 Å². The molecule has 0 heterocycles. The monoisotopic (exact) mass is 448 g/mol. The van der Waals surface area contributed by atoms with Gasteiger partial charge in [-0.1, -0.05) is 12.1 Å². The van der Waals surface area contributed by atoms with Crippen LogP contribution >= 0.6 is 0 Å². The molecule has 4 rings (SSSR count). The van der Waals surface area contributed by atoms with E-state index in [1.165, 1.54) is 27.9 Å². The van der Waals surface area contributed by atoms with Crippen molar-refractivity contribution in [2.24, 2.45) is 0 Å². The molecule has 8 heteroatoms. The van der Waals surface area contributed by atoms with Gasteiger partial charge in [-0.25, -0.2) is 0 Å². The molecular formula is C25H20O8. The highest BCUT2D eigenvalue weighted by Crippen LogP contribution is 2.56. The number of Topliss-reactive ketones (excluding diaryl/α,β-unsaturated/α-hetero) is 1. The van der Waals surface area contributed by atoms with Crippen LogP contribution in [0, 0.1) is 6.92 Å². The minimum atomic E-state index is -0.695. The van der Waals surface area contributed by atoms with Crippen LogP contribution in [0.2, 0.25) is 0 Å². The molecule has 2 aromatic rings. The Labute approximate surface area is 189 Å². The number of rotatable bonds is 4. The maximum absolute atomic E-state index is 13.6. The van der Waals surface area contributed by atoms with Gasteiger partial charge >= 0.3 is 17.9 Å². The number of hydrogen-bond donors (Lipinski definition) is 0. The zero-order chi connectivity index (χ0) is 24.0. The maximum Gasteiger partial charge on any atom is 0.308 e. The lowest BCUT2D eigenvalue weighted by Crippen LogP contribution is -2.20. The molecule has 33 heavy (non-hydrogen) atoms. The van der Waals surface area contributed by atoms with Crippen LogP contribution in [0.15, 0.2) is 36.1 Å². The van der Waals surface area contributed by atoms with Crippen molar-refractivity contribution in [2.75, 3.05) is 7.11 Å². The summed E-state index contributed by atoms with van der Waals surface area (Å²) in [5, 5.41) is 0. The van der Waals surface area contributed by atoms with Crippen molar-refractivity contribution in [1.82, 2.24) is 0 Å². The van der Waals surface area contributed by atoms with Gasteiger partial charge in [-0.2, -0.15) is 0 Å². The molecule has 0 aliphatic heterocycles. The van der Waals surface area contributed by atoms with Crippen molar-refractivity contribution in [1.29, 1.82) is 0 Å². The summed E-state index contributed by atoms with van der Waals surface area (Å²) in [4.78, 5) is 49.4. The van der Waals surface area contributed by atoms with Crippen LogP contribution in [0.4, 0.5) is 0 Å². The van der Waals surface area contributed by atoms with Crippen molar-refractivity contribution in [3.8, 4) is 11.5 Å². The van der Waals surface area contributed by atoms with Gasteiger partial charge in [0.2, 0.25) is 5.78 Å². The van der Waals surface area contributed by atoms with Gasteiger partial charge in [0, 0.05) is 54.2 Å². The Hall–Kier alpha value is -4.20. The van der Waals surface area contributed by atoms with E-state index in [0.29, 0.717) is 28.0 Å². The van der Waals surface area contributed by atoms with Gasteiger partial charge in [-0.3, -0.25) is 19.2 Å². The smallest absolute Gasteiger partial charge is 0.308 e. The van der Waals surface area contributed by atoms with Crippen molar-refractivity contribution in [3.05, 3.63) is 63.9 Å². The number of carbonyl (C=O) groups excluding carboxylic acids is 4. The molecule has 0 saturated carbocycles. The van der Waals surface area contributed by atoms with Crippen LogP contribution in [0.5, 0.6) is 11.5 Å². The van der Waals surface area contributed by atoms with Crippen molar-refractivity contribution < 1.29 is 38.1 Å². The minimum Gasteiger partial charge on any atom is -0.496 e. The predicted molar refractivity (Wildman–Crippen MR) is 117 cm³/mol. The first-order valence-electron chi connectivity index (χ1n) is 10.1. The number of allylic oxidation sites excluding steroid dienone is 3.